The minimum Gasteiger partial charge on any atom is -0.481 e. The predicted octanol–water partition coefficient (Wildman–Crippen LogP) is 3.36. The van der Waals surface area contributed by atoms with Crippen LogP contribution in [0.4, 0.5) is 17.1 Å². The molecule has 0 spiro atoms. The number of hydrogen-bond donors (Lipinski definition) is 1. The van der Waals surface area contributed by atoms with Crippen molar-refractivity contribution in [1.29, 1.82) is 0 Å². The van der Waals surface area contributed by atoms with Gasteiger partial charge in [-0.05, 0) is 24.6 Å². The zero-order valence-corrected chi connectivity index (χ0v) is 13.9. The van der Waals surface area contributed by atoms with Crippen molar-refractivity contribution in [3.05, 3.63) is 36.5 Å². The summed E-state index contributed by atoms with van der Waals surface area (Å²) in [7, 11) is 1.75. The number of fused-ring (bicyclic) bond motifs is 1. The van der Waals surface area contributed by atoms with Gasteiger partial charge in [-0.25, -0.2) is 4.98 Å². The van der Waals surface area contributed by atoms with Crippen molar-refractivity contribution in [2.75, 3.05) is 30.5 Å². The first-order valence-electron chi connectivity index (χ1n) is 8.06. The standard InChI is InChI=1S/C18H21N3O3/c1-3-4-9-23-17-8-6-14(11-19-17)20-13-5-7-15-16(10-13)24-12-18(22)21(15)2/h5-8,10-11,20H,3-4,9,12H2,1-2H3. The Balaban J connectivity index is 1.67. The summed E-state index contributed by atoms with van der Waals surface area (Å²) in [6.07, 6.45) is 3.85. The number of benzene rings is 1. The molecule has 1 aromatic heterocycles. The lowest BCUT2D eigenvalue weighted by molar-refractivity contribution is -0.120. The Bertz CT molecular complexity index is 716. The van der Waals surface area contributed by atoms with Gasteiger partial charge in [-0.1, -0.05) is 13.3 Å². The van der Waals surface area contributed by atoms with Crippen molar-refractivity contribution >= 4 is 23.0 Å². The van der Waals surface area contributed by atoms with Crippen LogP contribution in [-0.4, -0.2) is 31.2 Å². The predicted molar refractivity (Wildman–Crippen MR) is 93.3 cm³/mol. The molecule has 6 heteroatoms. The largest absolute Gasteiger partial charge is 0.481 e. The molecule has 24 heavy (non-hydrogen) atoms. The maximum atomic E-state index is 11.6. The summed E-state index contributed by atoms with van der Waals surface area (Å²) < 4.78 is 11.0. The number of unbranched alkanes of at least 4 members (excludes halogenated alkanes) is 1. The molecule has 0 bridgehead atoms. The number of pyridine rings is 1. The van der Waals surface area contributed by atoms with Gasteiger partial charge < -0.3 is 19.7 Å². The van der Waals surface area contributed by atoms with Crippen LogP contribution in [0.1, 0.15) is 19.8 Å². The summed E-state index contributed by atoms with van der Waals surface area (Å²) in [4.78, 5) is 17.5. The summed E-state index contributed by atoms with van der Waals surface area (Å²) in [6.45, 7) is 2.88. The first-order valence-corrected chi connectivity index (χ1v) is 8.06. The zero-order valence-electron chi connectivity index (χ0n) is 13.9. The Kier molecular flexibility index (Phi) is 4.84. The van der Waals surface area contributed by atoms with Crippen LogP contribution in [0.3, 0.4) is 0 Å². The number of rotatable bonds is 6. The molecular formula is C18H21N3O3. The first kappa shape index (κ1) is 16.1. The van der Waals surface area contributed by atoms with Crippen molar-refractivity contribution in [2.45, 2.75) is 19.8 Å². The second-order valence-electron chi connectivity index (χ2n) is 5.64. The molecule has 0 saturated heterocycles. The molecule has 1 aliphatic rings. The second kappa shape index (κ2) is 7.21. The molecule has 0 fully saturated rings. The highest BCUT2D eigenvalue weighted by molar-refractivity contribution is 5.97. The minimum atomic E-state index is -0.0499. The van der Waals surface area contributed by atoms with Gasteiger partial charge in [0.05, 0.1) is 24.2 Å². The third-order valence-electron chi connectivity index (χ3n) is 3.82. The maximum Gasteiger partial charge on any atom is 0.264 e. The Labute approximate surface area is 141 Å². The molecule has 0 radical (unpaired) electrons. The lowest BCUT2D eigenvalue weighted by Crippen LogP contribution is -2.35. The second-order valence-corrected chi connectivity index (χ2v) is 5.64. The van der Waals surface area contributed by atoms with Crippen LogP contribution in [0.2, 0.25) is 0 Å². The number of amides is 1. The van der Waals surface area contributed by atoms with E-state index in [1.54, 1.807) is 18.1 Å². The van der Waals surface area contributed by atoms with Gasteiger partial charge >= 0.3 is 0 Å². The highest BCUT2D eigenvalue weighted by Gasteiger charge is 2.22. The van der Waals surface area contributed by atoms with E-state index < -0.39 is 0 Å². The highest BCUT2D eigenvalue weighted by atomic mass is 16.5. The quantitative estimate of drug-likeness (QED) is 0.824. The SMILES string of the molecule is CCCCOc1ccc(Nc2ccc3c(c2)OCC(=O)N3C)cn1. The van der Waals surface area contributed by atoms with Crippen LogP contribution >= 0.6 is 0 Å². The number of likely N-dealkylation sites (N-methyl/N-ethyl adjacent to an activating group) is 1. The van der Waals surface area contributed by atoms with E-state index in [4.69, 9.17) is 9.47 Å². The minimum absolute atomic E-state index is 0.0499. The van der Waals surface area contributed by atoms with Gasteiger partial charge in [-0.2, -0.15) is 0 Å². The number of ether oxygens (including phenoxy) is 2. The van der Waals surface area contributed by atoms with E-state index >= 15 is 0 Å². The molecule has 0 saturated carbocycles. The molecule has 2 aromatic rings. The summed E-state index contributed by atoms with van der Waals surface area (Å²) in [6, 6.07) is 9.42. The molecule has 2 heterocycles. The topological polar surface area (TPSA) is 63.7 Å². The number of carbonyl (C=O) groups excluding carboxylic acids is 1. The monoisotopic (exact) mass is 327 g/mol. The number of nitrogens with one attached hydrogen (secondary N) is 1. The summed E-state index contributed by atoms with van der Waals surface area (Å²) in [5.74, 6) is 1.27. The van der Waals surface area contributed by atoms with Crippen LogP contribution in [0.5, 0.6) is 11.6 Å². The lowest BCUT2D eigenvalue weighted by atomic mass is 10.2. The number of carbonyl (C=O) groups is 1. The molecule has 3 rings (SSSR count). The normalized spacial score (nSPS) is 13.2. The fourth-order valence-corrected chi connectivity index (χ4v) is 2.38. The summed E-state index contributed by atoms with van der Waals surface area (Å²) in [5.41, 5.74) is 2.51. The average Bonchev–Trinajstić information content (AvgIpc) is 2.60. The van der Waals surface area contributed by atoms with Gasteiger partial charge in [0.1, 0.15) is 5.75 Å². The van der Waals surface area contributed by atoms with Crippen LogP contribution in [0.25, 0.3) is 0 Å². The number of anilines is 3. The van der Waals surface area contributed by atoms with Gasteiger partial charge in [-0.3, -0.25) is 4.79 Å². The fourth-order valence-electron chi connectivity index (χ4n) is 2.38. The van der Waals surface area contributed by atoms with Gasteiger partial charge in [0.2, 0.25) is 5.88 Å². The number of nitrogens with zero attached hydrogens (tertiary/aromatic N) is 2. The van der Waals surface area contributed by atoms with Gasteiger partial charge in [-0.15, -0.1) is 0 Å². The van der Waals surface area contributed by atoms with Crippen LogP contribution < -0.4 is 19.7 Å². The van der Waals surface area contributed by atoms with Crippen molar-refractivity contribution in [3.63, 3.8) is 0 Å². The van der Waals surface area contributed by atoms with E-state index in [1.165, 1.54) is 0 Å². The molecule has 0 atom stereocenters. The zero-order chi connectivity index (χ0) is 16.9. The molecule has 6 nitrogen and oxygen atoms in total. The van der Waals surface area contributed by atoms with Crippen molar-refractivity contribution in [2.24, 2.45) is 0 Å². The number of hydrogen-bond acceptors (Lipinski definition) is 5. The third-order valence-corrected chi connectivity index (χ3v) is 3.82. The molecule has 1 N–H and O–H groups in total. The molecule has 1 amide bonds. The van der Waals surface area contributed by atoms with E-state index in [0.29, 0.717) is 18.2 Å². The molecule has 0 unspecified atom stereocenters. The van der Waals surface area contributed by atoms with E-state index in [2.05, 4.69) is 17.2 Å². The van der Waals surface area contributed by atoms with Crippen LogP contribution in [0.15, 0.2) is 36.5 Å². The van der Waals surface area contributed by atoms with Crippen molar-refractivity contribution in [1.82, 2.24) is 4.98 Å². The summed E-state index contributed by atoms with van der Waals surface area (Å²) in [5, 5.41) is 3.27. The van der Waals surface area contributed by atoms with E-state index in [-0.39, 0.29) is 12.5 Å². The first-order chi connectivity index (χ1) is 11.7. The smallest absolute Gasteiger partial charge is 0.264 e. The van der Waals surface area contributed by atoms with E-state index in [1.807, 2.05) is 30.3 Å². The van der Waals surface area contributed by atoms with Gasteiger partial charge in [0.25, 0.3) is 5.91 Å². The van der Waals surface area contributed by atoms with Crippen LogP contribution in [0, 0.1) is 0 Å². The lowest BCUT2D eigenvalue weighted by Gasteiger charge is -2.26. The van der Waals surface area contributed by atoms with E-state index in [9.17, 15) is 4.79 Å². The molecular weight excluding hydrogens is 306 g/mol. The third kappa shape index (κ3) is 3.59. The Morgan fingerprint density at radius 3 is 2.88 bits per heavy atom. The molecule has 0 aliphatic carbocycles. The fraction of sp³-hybridized carbons (Fsp3) is 0.333. The average molecular weight is 327 g/mol. The maximum absolute atomic E-state index is 11.6. The number of aromatic nitrogens is 1. The van der Waals surface area contributed by atoms with E-state index in [0.717, 1.165) is 29.9 Å². The Morgan fingerprint density at radius 1 is 1.29 bits per heavy atom. The molecule has 1 aliphatic heterocycles. The molecule has 1 aromatic carbocycles. The Morgan fingerprint density at radius 2 is 2.12 bits per heavy atom. The van der Waals surface area contributed by atoms with Crippen LogP contribution in [-0.2, 0) is 4.79 Å². The van der Waals surface area contributed by atoms with Crippen molar-refractivity contribution < 1.29 is 14.3 Å². The van der Waals surface area contributed by atoms with Gasteiger partial charge in [0.15, 0.2) is 6.61 Å². The van der Waals surface area contributed by atoms with Crippen molar-refractivity contribution in [3.8, 4) is 11.6 Å². The summed E-state index contributed by atoms with van der Waals surface area (Å²) >= 11 is 0. The highest BCUT2D eigenvalue weighted by Crippen LogP contribution is 2.34. The van der Waals surface area contributed by atoms with Gasteiger partial charge in [0, 0.05) is 24.9 Å². The molecule has 126 valence electrons. The Hall–Kier alpha value is -2.76.